The predicted molar refractivity (Wildman–Crippen MR) is 48.5 cm³/mol. The van der Waals surface area contributed by atoms with E-state index in [1.807, 2.05) is 13.8 Å². The van der Waals surface area contributed by atoms with E-state index in [1.54, 1.807) is 0 Å². The molecule has 0 aliphatic rings. The van der Waals surface area contributed by atoms with Gasteiger partial charge in [-0.3, -0.25) is 0 Å². The largest absolute Gasteiger partial charge is 0.387 e. The Bertz CT molecular complexity index is 110. The fourth-order valence-electron chi connectivity index (χ4n) is 0.647. The molecule has 2 nitrogen and oxygen atoms in total. The number of hydrogen-bond acceptors (Lipinski definition) is 2. The highest BCUT2D eigenvalue weighted by molar-refractivity contribution is 4.88. The summed E-state index contributed by atoms with van der Waals surface area (Å²) in [5.74, 6) is 0. The lowest BCUT2D eigenvalue weighted by molar-refractivity contribution is 0.0820. The average molecular weight is 157 g/mol. The van der Waals surface area contributed by atoms with Gasteiger partial charge in [0.15, 0.2) is 0 Å². The van der Waals surface area contributed by atoms with Gasteiger partial charge in [0.2, 0.25) is 0 Å². The number of rotatable bonds is 6. The molecule has 0 aromatic carbocycles. The summed E-state index contributed by atoms with van der Waals surface area (Å²) in [6.45, 7) is 11.6. The van der Waals surface area contributed by atoms with Crippen LogP contribution >= 0.6 is 0 Å². The van der Waals surface area contributed by atoms with Crippen LogP contribution in [0.3, 0.4) is 0 Å². The molecule has 2 heteroatoms. The van der Waals surface area contributed by atoms with E-state index in [4.69, 9.17) is 4.74 Å². The summed E-state index contributed by atoms with van der Waals surface area (Å²) in [6.07, 6.45) is 1.31. The van der Waals surface area contributed by atoms with Gasteiger partial charge < -0.3 is 10.1 Å². The maximum atomic E-state index is 5.33. The predicted octanol–water partition coefficient (Wildman–Crippen LogP) is 1.92. The van der Waals surface area contributed by atoms with Crippen molar-refractivity contribution in [2.45, 2.75) is 33.3 Å². The van der Waals surface area contributed by atoms with E-state index in [9.17, 15) is 0 Å². The van der Waals surface area contributed by atoms with Crippen LogP contribution < -0.4 is 5.32 Å². The maximum absolute atomic E-state index is 5.33. The van der Waals surface area contributed by atoms with Crippen molar-refractivity contribution in [3.8, 4) is 0 Å². The fourth-order valence-corrected chi connectivity index (χ4v) is 0.647. The minimum Gasteiger partial charge on any atom is -0.387 e. The molecule has 0 rings (SSSR count). The lowest BCUT2D eigenvalue weighted by Gasteiger charge is -2.09. The molecule has 1 N–H and O–H groups in total. The SMILES string of the molecule is C=C(CC)NCCOC(C)C. The number of nitrogens with one attached hydrogen (secondary N) is 1. The number of hydrogen-bond donors (Lipinski definition) is 1. The normalized spacial score (nSPS) is 10.2. The van der Waals surface area contributed by atoms with Crippen molar-refractivity contribution in [1.29, 1.82) is 0 Å². The molecule has 0 saturated carbocycles. The highest BCUT2D eigenvalue weighted by Gasteiger charge is 1.92. The molecule has 0 radical (unpaired) electrons. The van der Waals surface area contributed by atoms with Crippen LogP contribution in [-0.2, 0) is 4.74 Å². The smallest absolute Gasteiger partial charge is 0.0642 e. The Morgan fingerprint density at radius 1 is 1.55 bits per heavy atom. The lowest BCUT2D eigenvalue weighted by atomic mass is 10.4. The first kappa shape index (κ1) is 10.5. The van der Waals surface area contributed by atoms with Crippen LogP contribution in [0.2, 0.25) is 0 Å². The Morgan fingerprint density at radius 2 is 2.18 bits per heavy atom. The van der Waals surface area contributed by atoms with Crippen LogP contribution in [0.15, 0.2) is 12.3 Å². The second-order valence-corrected chi connectivity index (χ2v) is 2.80. The summed E-state index contributed by atoms with van der Waals surface area (Å²) in [4.78, 5) is 0. The maximum Gasteiger partial charge on any atom is 0.0642 e. The quantitative estimate of drug-likeness (QED) is 0.595. The molecule has 0 aromatic rings. The van der Waals surface area contributed by atoms with Gasteiger partial charge in [-0.05, 0) is 20.3 Å². The van der Waals surface area contributed by atoms with Gasteiger partial charge in [-0.25, -0.2) is 0 Å². The molecule has 11 heavy (non-hydrogen) atoms. The van der Waals surface area contributed by atoms with E-state index in [0.29, 0.717) is 6.10 Å². The Balaban J connectivity index is 3.08. The van der Waals surface area contributed by atoms with Gasteiger partial charge in [0.1, 0.15) is 0 Å². The first-order chi connectivity index (χ1) is 5.16. The summed E-state index contributed by atoms with van der Waals surface area (Å²) >= 11 is 0. The summed E-state index contributed by atoms with van der Waals surface area (Å²) in [6, 6.07) is 0. The molecule has 66 valence electrons. The van der Waals surface area contributed by atoms with Crippen LogP contribution in [0.4, 0.5) is 0 Å². The summed E-state index contributed by atoms with van der Waals surface area (Å²) in [7, 11) is 0. The van der Waals surface area contributed by atoms with Crippen molar-refractivity contribution in [2.75, 3.05) is 13.2 Å². The van der Waals surface area contributed by atoms with Gasteiger partial charge in [0.25, 0.3) is 0 Å². The molecule has 0 fully saturated rings. The van der Waals surface area contributed by atoms with Gasteiger partial charge >= 0.3 is 0 Å². The third kappa shape index (κ3) is 7.40. The monoisotopic (exact) mass is 157 g/mol. The second-order valence-electron chi connectivity index (χ2n) is 2.80. The first-order valence-corrected chi connectivity index (χ1v) is 4.20. The van der Waals surface area contributed by atoms with Gasteiger partial charge in [-0.2, -0.15) is 0 Å². The zero-order valence-electron chi connectivity index (χ0n) is 7.81. The Hall–Kier alpha value is -0.500. The average Bonchev–Trinajstić information content (AvgIpc) is 1.97. The van der Waals surface area contributed by atoms with Crippen molar-refractivity contribution in [2.24, 2.45) is 0 Å². The lowest BCUT2D eigenvalue weighted by Crippen LogP contribution is -2.20. The molecule has 0 aliphatic carbocycles. The molecule has 0 heterocycles. The van der Waals surface area contributed by atoms with Crippen LogP contribution in [-0.4, -0.2) is 19.3 Å². The van der Waals surface area contributed by atoms with Gasteiger partial charge in [0.05, 0.1) is 12.7 Å². The molecule has 0 amide bonds. The topological polar surface area (TPSA) is 21.3 Å². The highest BCUT2D eigenvalue weighted by Crippen LogP contribution is 1.90. The Morgan fingerprint density at radius 3 is 2.64 bits per heavy atom. The molecular formula is C9H19NO. The van der Waals surface area contributed by atoms with Crippen molar-refractivity contribution in [3.63, 3.8) is 0 Å². The van der Waals surface area contributed by atoms with Crippen LogP contribution in [0.5, 0.6) is 0 Å². The Kier molecular flexibility index (Phi) is 5.94. The van der Waals surface area contributed by atoms with Crippen LogP contribution in [0.1, 0.15) is 27.2 Å². The molecule has 0 bridgehead atoms. The van der Waals surface area contributed by atoms with Gasteiger partial charge in [0, 0.05) is 12.2 Å². The molecule has 0 spiro atoms. The minimum atomic E-state index is 0.326. The summed E-state index contributed by atoms with van der Waals surface area (Å²) in [5, 5.41) is 3.17. The summed E-state index contributed by atoms with van der Waals surface area (Å²) in [5.41, 5.74) is 1.08. The molecule has 0 saturated heterocycles. The van der Waals surface area contributed by atoms with E-state index in [2.05, 4.69) is 18.8 Å². The standard InChI is InChI=1S/C9H19NO/c1-5-9(4)10-6-7-11-8(2)3/h8,10H,4-7H2,1-3H3. The third-order valence-corrected chi connectivity index (χ3v) is 1.36. The second kappa shape index (κ2) is 6.23. The van der Waals surface area contributed by atoms with E-state index >= 15 is 0 Å². The molecule has 0 unspecified atom stereocenters. The number of allylic oxidation sites excluding steroid dienone is 1. The third-order valence-electron chi connectivity index (χ3n) is 1.36. The molecule has 0 atom stereocenters. The van der Waals surface area contributed by atoms with Crippen molar-refractivity contribution in [3.05, 3.63) is 12.3 Å². The van der Waals surface area contributed by atoms with Gasteiger partial charge in [-0.15, -0.1) is 0 Å². The van der Waals surface area contributed by atoms with Crippen LogP contribution in [0.25, 0.3) is 0 Å². The fraction of sp³-hybridized carbons (Fsp3) is 0.778. The zero-order valence-corrected chi connectivity index (χ0v) is 7.81. The van der Waals surface area contributed by atoms with Gasteiger partial charge in [-0.1, -0.05) is 13.5 Å². The Labute approximate surface area is 69.6 Å². The van der Waals surface area contributed by atoms with Crippen molar-refractivity contribution < 1.29 is 4.74 Å². The van der Waals surface area contributed by atoms with Crippen molar-refractivity contribution >= 4 is 0 Å². The molecule has 0 aliphatic heterocycles. The van der Waals surface area contributed by atoms with Crippen molar-refractivity contribution in [1.82, 2.24) is 5.32 Å². The van der Waals surface area contributed by atoms with Crippen LogP contribution in [0, 0.1) is 0 Å². The van der Waals surface area contributed by atoms with E-state index in [-0.39, 0.29) is 0 Å². The molecular weight excluding hydrogens is 138 g/mol. The zero-order chi connectivity index (χ0) is 8.69. The summed E-state index contributed by atoms with van der Waals surface area (Å²) < 4.78 is 5.33. The minimum absolute atomic E-state index is 0.326. The van der Waals surface area contributed by atoms with E-state index < -0.39 is 0 Å². The first-order valence-electron chi connectivity index (χ1n) is 4.20. The van der Waals surface area contributed by atoms with E-state index in [0.717, 1.165) is 25.3 Å². The molecule has 0 aromatic heterocycles. The number of ether oxygens (including phenoxy) is 1. The highest BCUT2D eigenvalue weighted by atomic mass is 16.5. The van der Waals surface area contributed by atoms with E-state index in [1.165, 1.54) is 0 Å².